The molecule has 5 rings (SSSR count). The van der Waals surface area contributed by atoms with Gasteiger partial charge in [-0.2, -0.15) is 0 Å². The van der Waals surface area contributed by atoms with E-state index in [1.54, 1.807) is 18.5 Å². The summed E-state index contributed by atoms with van der Waals surface area (Å²) in [6.07, 6.45) is 5.82. The van der Waals surface area contributed by atoms with Crippen LogP contribution in [-0.2, 0) is 11.2 Å². The molecule has 0 fully saturated rings. The van der Waals surface area contributed by atoms with Crippen LogP contribution >= 0.6 is 0 Å². The Bertz CT molecular complexity index is 1100. The summed E-state index contributed by atoms with van der Waals surface area (Å²) in [5.74, 6) is 0.307. The first-order valence-corrected chi connectivity index (χ1v) is 9.64. The molecular formula is C23H19N3O3. The second kappa shape index (κ2) is 7.13. The second-order valence-electron chi connectivity index (χ2n) is 7.38. The molecule has 144 valence electrons. The zero-order valence-corrected chi connectivity index (χ0v) is 15.7. The second-order valence-corrected chi connectivity index (χ2v) is 7.38. The minimum Gasteiger partial charge on any atom is -0.487 e. The van der Waals surface area contributed by atoms with Gasteiger partial charge in [-0.1, -0.05) is 42.5 Å². The minimum absolute atomic E-state index is 0.0278. The number of hydrogen-bond donors (Lipinski definition) is 1. The van der Waals surface area contributed by atoms with Gasteiger partial charge in [-0.25, -0.2) is 9.97 Å². The number of rotatable bonds is 4. The third-order valence-corrected chi connectivity index (χ3v) is 5.55. The van der Waals surface area contributed by atoms with Crippen LogP contribution in [0.4, 0.5) is 0 Å². The Hall–Kier alpha value is -3.54. The Labute approximate surface area is 168 Å². The fourth-order valence-electron chi connectivity index (χ4n) is 4.15. The van der Waals surface area contributed by atoms with Crippen molar-refractivity contribution >= 4 is 11.7 Å². The number of ether oxygens (including phenoxy) is 1. The van der Waals surface area contributed by atoms with E-state index in [0.717, 1.165) is 34.4 Å². The summed E-state index contributed by atoms with van der Waals surface area (Å²) in [5, 5.41) is 2.98. The van der Waals surface area contributed by atoms with Gasteiger partial charge in [0.1, 0.15) is 18.2 Å². The normalized spacial score (nSPS) is 19.4. The Morgan fingerprint density at radius 1 is 1.03 bits per heavy atom. The number of hydrogen-bond acceptors (Lipinski definition) is 5. The maximum absolute atomic E-state index is 12.7. The molecule has 0 unspecified atom stereocenters. The number of benzene rings is 2. The molecule has 2 aliphatic rings. The van der Waals surface area contributed by atoms with Gasteiger partial charge in [-0.05, 0) is 11.1 Å². The molecule has 2 atom stereocenters. The van der Waals surface area contributed by atoms with E-state index >= 15 is 0 Å². The summed E-state index contributed by atoms with van der Waals surface area (Å²) in [4.78, 5) is 33.0. The summed E-state index contributed by atoms with van der Waals surface area (Å²) < 4.78 is 6.16. The van der Waals surface area contributed by atoms with E-state index < -0.39 is 5.92 Å². The van der Waals surface area contributed by atoms with Crippen molar-refractivity contribution in [1.82, 2.24) is 15.3 Å². The number of nitrogens with one attached hydrogen (secondary N) is 1. The average Bonchev–Trinajstić information content (AvgIpc) is 3.34. The molecule has 1 aliphatic heterocycles. The van der Waals surface area contributed by atoms with Crippen molar-refractivity contribution in [3.63, 3.8) is 0 Å². The quantitative estimate of drug-likeness (QED) is 0.747. The van der Waals surface area contributed by atoms with Crippen molar-refractivity contribution in [2.24, 2.45) is 0 Å². The number of para-hydroxylation sites is 1. The zero-order chi connectivity index (χ0) is 19.8. The average molecular weight is 385 g/mol. The summed E-state index contributed by atoms with van der Waals surface area (Å²) in [5.41, 5.74) is 4.43. The molecule has 1 N–H and O–H groups in total. The molecule has 0 radical (unpaired) electrons. The number of carbonyl (C=O) groups is 2. The van der Waals surface area contributed by atoms with E-state index in [0.29, 0.717) is 12.1 Å². The van der Waals surface area contributed by atoms with Crippen molar-refractivity contribution in [3.05, 3.63) is 77.9 Å². The standard InChI is InChI=1S/C23H19N3O3/c27-21-9-20(18-5-1-2-6-19(18)21)23(28)26-12-16-8-14-4-3-7-17(22(14)29-16)15-10-24-13-25-11-15/h1-7,10-11,13,16,20H,8-9,12H2,(H,26,28)/t16-,20-/m0/s1. The molecule has 1 amide bonds. The summed E-state index contributed by atoms with van der Waals surface area (Å²) in [7, 11) is 0. The smallest absolute Gasteiger partial charge is 0.228 e. The fourth-order valence-corrected chi connectivity index (χ4v) is 4.15. The summed E-state index contributed by atoms with van der Waals surface area (Å²) >= 11 is 0. The topological polar surface area (TPSA) is 81.2 Å². The van der Waals surface area contributed by atoms with Crippen LogP contribution in [0.2, 0.25) is 0 Å². The van der Waals surface area contributed by atoms with Gasteiger partial charge in [0.2, 0.25) is 5.91 Å². The van der Waals surface area contributed by atoms with Crippen molar-refractivity contribution < 1.29 is 14.3 Å². The van der Waals surface area contributed by atoms with Crippen molar-refractivity contribution in [1.29, 1.82) is 0 Å². The maximum atomic E-state index is 12.7. The molecule has 2 aromatic carbocycles. The minimum atomic E-state index is -0.417. The lowest BCUT2D eigenvalue weighted by Gasteiger charge is -2.16. The van der Waals surface area contributed by atoms with Gasteiger partial charge < -0.3 is 10.1 Å². The number of aromatic nitrogens is 2. The molecule has 0 spiro atoms. The Morgan fingerprint density at radius 2 is 1.83 bits per heavy atom. The molecule has 1 aromatic heterocycles. The maximum Gasteiger partial charge on any atom is 0.228 e. The van der Waals surface area contributed by atoms with Gasteiger partial charge in [-0.15, -0.1) is 0 Å². The van der Waals surface area contributed by atoms with Gasteiger partial charge >= 0.3 is 0 Å². The molecule has 6 heteroatoms. The van der Waals surface area contributed by atoms with Gasteiger partial charge in [0.25, 0.3) is 0 Å². The highest BCUT2D eigenvalue weighted by molar-refractivity contribution is 6.06. The van der Waals surface area contributed by atoms with Crippen LogP contribution in [0.15, 0.2) is 61.2 Å². The molecular weight excluding hydrogens is 366 g/mol. The molecule has 0 saturated carbocycles. The highest BCUT2D eigenvalue weighted by Gasteiger charge is 2.34. The molecule has 0 saturated heterocycles. The van der Waals surface area contributed by atoms with Crippen LogP contribution < -0.4 is 10.1 Å². The predicted octanol–water partition coefficient (Wildman–Crippen LogP) is 2.93. The third kappa shape index (κ3) is 3.16. The van der Waals surface area contributed by atoms with E-state index in [-0.39, 0.29) is 24.2 Å². The first-order valence-electron chi connectivity index (χ1n) is 9.64. The summed E-state index contributed by atoms with van der Waals surface area (Å²) in [6.45, 7) is 0.394. The highest BCUT2D eigenvalue weighted by Crippen LogP contribution is 2.38. The predicted molar refractivity (Wildman–Crippen MR) is 107 cm³/mol. The monoisotopic (exact) mass is 385 g/mol. The van der Waals surface area contributed by atoms with Crippen LogP contribution in [0.3, 0.4) is 0 Å². The number of Topliss-reactive ketones (excluding diaryl/α,β-unsaturated/α-hetero) is 1. The van der Waals surface area contributed by atoms with Crippen LogP contribution in [0.1, 0.15) is 33.8 Å². The molecule has 3 aromatic rings. The lowest BCUT2D eigenvalue weighted by atomic mass is 10.0. The first-order chi connectivity index (χ1) is 14.2. The van der Waals surface area contributed by atoms with Gasteiger partial charge in [-0.3, -0.25) is 9.59 Å². The first kappa shape index (κ1) is 17.6. The van der Waals surface area contributed by atoms with Crippen LogP contribution in [0.25, 0.3) is 11.1 Å². The Morgan fingerprint density at radius 3 is 2.69 bits per heavy atom. The van der Waals surface area contributed by atoms with Crippen molar-refractivity contribution in [2.45, 2.75) is 24.9 Å². The van der Waals surface area contributed by atoms with Gasteiger partial charge in [0.15, 0.2) is 5.78 Å². The Kier molecular flexibility index (Phi) is 4.31. The molecule has 6 nitrogen and oxygen atoms in total. The third-order valence-electron chi connectivity index (χ3n) is 5.55. The van der Waals surface area contributed by atoms with E-state index in [1.165, 1.54) is 6.33 Å². The number of ketones is 1. The van der Waals surface area contributed by atoms with E-state index in [4.69, 9.17) is 4.74 Å². The van der Waals surface area contributed by atoms with Crippen LogP contribution in [0, 0.1) is 0 Å². The number of nitrogens with zero attached hydrogens (tertiary/aromatic N) is 2. The van der Waals surface area contributed by atoms with Crippen molar-refractivity contribution in [2.75, 3.05) is 6.54 Å². The molecule has 29 heavy (non-hydrogen) atoms. The van der Waals surface area contributed by atoms with E-state index in [2.05, 4.69) is 15.3 Å². The number of fused-ring (bicyclic) bond motifs is 2. The SMILES string of the molecule is O=C1C[C@H](C(=O)NC[C@@H]2Cc3cccc(-c4cncnc4)c3O2)c2ccccc21. The lowest BCUT2D eigenvalue weighted by Crippen LogP contribution is -2.37. The van der Waals surface area contributed by atoms with E-state index in [1.807, 2.05) is 36.4 Å². The zero-order valence-electron chi connectivity index (χ0n) is 15.7. The fraction of sp³-hybridized carbons (Fsp3) is 0.217. The number of amides is 1. The molecule has 0 bridgehead atoms. The molecule has 1 aliphatic carbocycles. The van der Waals surface area contributed by atoms with Crippen LogP contribution in [-0.4, -0.2) is 34.3 Å². The highest BCUT2D eigenvalue weighted by atomic mass is 16.5. The van der Waals surface area contributed by atoms with E-state index in [9.17, 15) is 9.59 Å². The molecule has 2 heterocycles. The lowest BCUT2D eigenvalue weighted by molar-refractivity contribution is -0.122. The van der Waals surface area contributed by atoms with Crippen LogP contribution in [0.5, 0.6) is 5.75 Å². The largest absolute Gasteiger partial charge is 0.487 e. The summed E-state index contributed by atoms with van der Waals surface area (Å²) in [6, 6.07) is 13.4. The number of carbonyl (C=O) groups excluding carboxylic acids is 2. The Balaban J connectivity index is 1.27. The van der Waals surface area contributed by atoms with Crippen molar-refractivity contribution in [3.8, 4) is 16.9 Å². The van der Waals surface area contributed by atoms with Gasteiger partial charge in [0.05, 0.1) is 12.5 Å². The van der Waals surface area contributed by atoms with Gasteiger partial charge in [0, 0.05) is 41.9 Å².